The molecule has 5 nitrogen and oxygen atoms in total. The van der Waals surface area contributed by atoms with Crippen LogP contribution in [0, 0.1) is 5.92 Å². The first-order valence-electron chi connectivity index (χ1n) is 6.40. The van der Waals surface area contributed by atoms with E-state index in [1.165, 1.54) is 0 Å². The molecule has 18 heavy (non-hydrogen) atoms. The van der Waals surface area contributed by atoms with Crippen molar-refractivity contribution in [3.8, 4) is 0 Å². The maximum absolute atomic E-state index is 5.67. The molecule has 0 bridgehead atoms. The predicted octanol–water partition coefficient (Wildman–Crippen LogP) is 1.36. The molecule has 0 aliphatic carbocycles. The second-order valence-electron chi connectivity index (χ2n) is 4.72. The fourth-order valence-electron chi connectivity index (χ4n) is 1.67. The van der Waals surface area contributed by atoms with Gasteiger partial charge in [0.1, 0.15) is 0 Å². The van der Waals surface area contributed by atoms with E-state index >= 15 is 0 Å². The average molecular weight is 371 g/mol. The van der Waals surface area contributed by atoms with Gasteiger partial charge in [0.25, 0.3) is 0 Å². The molecule has 0 saturated carbocycles. The van der Waals surface area contributed by atoms with E-state index < -0.39 is 0 Å². The lowest BCUT2D eigenvalue weighted by Crippen LogP contribution is -2.36. The quantitative estimate of drug-likeness (QED) is 0.307. The molecule has 1 aliphatic rings. The summed E-state index contributed by atoms with van der Waals surface area (Å²) in [6.07, 6.45) is 2.04. The lowest BCUT2D eigenvalue weighted by Gasteiger charge is -2.09. The van der Waals surface area contributed by atoms with E-state index in [4.69, 9.17) is 15.2 Å². The van der Waals surface area contributed by atoms with Gasteiger partial charge in [-0.05, 0) is 26.7 Å². The third-order valence-electron chi connectivity index (χ3n) is 2.54. The van der Waals surface area contributed by atoms with Crippen molar-refractivity contribution < 1.29 is 9.47 Å². The summed E-state index contributed by atoms with van der Waals surface area (Å²) in [5.74, 6) is 1.11. The van der Waals surface area contributed by atoms with Crippen LogP contribution in [0.2, 0.25) is 0 Å². The number of nitrogens with one attached hydrogen (secondary N) is 1. The Hall–Kier alpha value is -0.0800. The third-order valence-corrected chi connectivity index (χ3v) is 2.54. The summed E-state index contributed by atoms with van der Waals surface area (Å²) in [6, 6.07) is 0.331. The molecule has 1 saturated heterocycles. The molecule has 0 aromatic carbocycles. The average Bonchev–Trinajstić information content (AvgIpc) is 2.75. The number of nitrogens with two attached hydrogens (primary N) is 1. The number of aliphatic imine (C=N–C) groups is 1. The molecule has 1 atom stereocenters. The highest BCUT2D eigenvalue weighted by Crippen LogP contribution is 2.12. The Morgan fingerprint density at radius 3 is 2.94 bits per heavy atom. The van der Waals surface area contributed by atoms with Crippen LogP contribution in [0.4, 0.5) is 0 Å². The van der Waals surface area contributed by atoms with Crippen molar-refractivity contribution in [1.29, 1.82) is 0 Å². The smallest absolute Gasteiger partial charge is 0.188 e. The molecule has 3 N–H and O–H groups in total. The van der Waals surface area contributed by atoms with Crippen molar-refractivity contribution >= 4 is 29.9 Å². The van der Waals surface area contributed by atoms with E-state index in [2.05, 4.69) is 10.3 Å². The van der Waals surface area contributed by atoms with Crippen LogP contribution < -0.4 is 11.1 Å². The summed E-state index contributed by atoms with van der Waals surface area (Å²) >= 11 is 0. The fraction of sp³-hybridized carbons (Fsp3) is 0.917. The molecule has 0 amide bonds. The van der Waals surface area contributed by atoms with Crippen LogP contribution in [-0.4, -0.2) is 45.0 Å². The molecule has 0 spiro atoms. The second kappa shape index (κ2) is 10.8. The zero-order valence-corrected chi connectivity index (χ0v) is 13.7. The van der Waals surface area contributed by atoms with Gasteiger partial charge in [-0.3, -0.25) is 4.99 Å². The predicted molar refractivity (Wildman–Crippen MR) is 84.5 cm³/mol. The first-order valence-corrected chi connectivity index (χ1v) is 6.40. The van der Waals surface area contributed by atoms with Gasteiger partial charge >= 0.3 is 0 Å². The molecule has 1 fully saturated rings. The zero-order valence-electron chi connectivity index (χ0n) is 11.4. The van der Waals surface area contributed by atoms with Crippen LogP contribution in [-0.2, 0) is 9.47 Å². The Balaban J connectivity index is 0.00000289. The van der Waals surface area contributed by atoms with Gasteiger partial charge in [0, 0.05) is 31.7 Å². The summed E-state index contributed by atoms with van der Waals surface area (Å²) in [7, 11) is 0. The monoisotopic (exact) mass is 371 g/mol. The van der Waals surface area contributed by atoms with E-state index in [1.807, 2.05) is 13.8 Å². The highest BCUT2D eigenvalue weighted by atomic mass is 127. The second-order valence-corrected chi connectivity index (χ2v) is 4.72. The zero-order chi connectivity index (χ0) is 12.5. The Labute approximate surface area is 127 Å². The molecule has 1 unspecified atom stereocenters. The molecule has 0 aromatic rings. The van der Waals surface area contributed by atoms with Gasteiger partial charge in [-0.2, -0.15) is 0 Å². The first-order chi connectivity index (χ1) is 8.18. The van der Waals surface area contributed by atoms with Crippen LogP contribution in [0.15, 0.2) is 4.99 Å². The molecular formula is C12H26IN3O2. The van der Waals surface area contributed by atoms with Crippen molar-refractivity contribution in [3.05, 3.63) is 0 Å². The van der Waals surface area contributed by atoms with Gasteiger partial charge in [0.05, 0.1) is 13.2 Å². The summed E-state index contributed by atoms with van der Waals surface area (Å²) in [6.45, 7) is 8.08. The number of rotatable bonds is 7. The molecule has 6 heteroatoms. The van der Waals surface area contributed by atoms with Crippen LogP contribution >= 0.6 is 24.0 Å². The Morgan fingerprint density at radius 2 is 2.33 bits per heavy atom. The van der Waals surface area contributed by atoms with Gasteiger partial charge in [-0.1, -0.05) is 0 Å². The minimum atomic E-state index is 0. The van der Waals surface area contributed by atoms with E-state index in [0.29, 0.717) is 24.5 Å². The van der Waals surface area contributed by atoms with E-state index in [9.17, 15) is 0 Å². The van der Waals surface area contributed by atoms with Crippen LogP contribution in [0.1, 0.15) is 26.7 Å². The van der Waals surface area contributed by atoms with Gasteiger partial charge in [-0.15, -0.1) is 24.0 Å². The van der Waals surface area contributed by atoms with Gasteiger partial charge < -0.3 is 20.5 Å². The van der Waals surface area contributed by atoms with Gasteiger partial charge in [0.15, 0.2) is 5.96 Å². The lowest BCUT2D eigenvalue weighted by molar-refractivity contribution is 0.0893. The highest BCUT2D eigenvalue weighted by molar-refractivity contribution is 14.0. The van der Waals surface area contributed by atoms with E-state index in [0.717, 1.165) is 39.3 Å². The van der Waals surface area contributed by atoms with E-state index in [-0.39, 0.29) is 24.0 Å². The molecule has 1 heterocycles. The summed E-state index contributed by atoms with van der Waals surface area (Å²) in [5.41, 5.74) is 5.67. The number of ether oxygens (including phenoxy) is 2. The van der Waals surface area contributed by atoms with Gasteiger partial charge in [-0.25, -0.2) is 0 Å². The van der Waals surface area contributed by atoms with Crippen molar-refractivity contribution in [2.75, 3.05) is 33.0 Å². The Kier molecular flexibility index (Phi) is 10.8. The molecule has 1 rings (SSSR count). The number of halogens is 1. The van der Waals surface area contributed by atoms with E-state index in [1.54, 1.807) is 0 Å². The van der Waals surface area contributed by atoms with Crippen LogP contribution in [0.3, 0.4) is 0 Å². The molecular weight excluding hydrogens is 345 g/mol. The lowest BCUT2D eigenvalue weighted by atomic mass is 10.1. The third kappa shape index (κ3) is 8.93. The van der Waals surface area contributed by atoms with Crippen molar-refractivity contribution in [3.63, 3.8) is 0 Å². The SMILES string of the molecule is CC(C)NC(N)=NCCCOCC1CCOC1.I. The minimum Gasteiger partial charge on any atom is -0.381 e. The van der Waals surface area contributed by atoms with Crippen LogP contribution in [0.25, 0.3) is 0 Å². The number of hydrogen-bond acceptors (Lipinski definition) is 3. The maximum atomic E-state index is 5.67. The summed E-state index contributed by atoms with van der Waals surface area (Å²) < 4.78 is 10.8. The Morgan fingerprint density at radius 1 is 1.56 bits per heavy atom. The largest absolute Gasteiger partial charge is 0.381 e. The number of nitrogens with zero attached hydrogens (tertiary/aromatic N) is 1. The molecule has 108 valence electrons. The van der Waals surface area contributed by atoms with Gasteiger partial charge in [0.2, 0.25) is 0 Å². The maximum Gasteiger partial charge on any atom is 0.188 e. The van der Waals surface area contributed by atoms with Crippen molar-refractivity contribution in [1.82, 2.24) is 5.32 Å². The molecule has 0 radical (unpaired) electrons. The molecule has 0 aromatic heterocycles. The topological polar surface area (TPSA) is 68.9 Å². The van der Waals surface area contributed by atoms with Crippen LogP contribution in [0.5, 0.6) is 0 Å². The van der Waals surface area contributed by atoms with Crippen molar-refractivity contribution in [2.45, 2.75) is 32.7 Å². The highest BCUT2D eigenvalue weighted by Gasteiger charge is 2.14. The summed E-state index contributed by atoms with van der Waals surface area (Å²) in [4.78, 5) is 4.21. The number of guanidine groups is 1. The first kappa shape index (κ1) is 17.9. The normalized spacial score (nSPS) is 19.9. The number of hydrogen-bond donors (Lipinski definition) is 2. The minimum absolute atomic E-state index is 0. The van der Waals surface area contributed by atoms with Crippen molar-refractivity contribution in [2.24, 2.45) is 16.6 Å². The summed E-state index contributed by atoms with van der Waals surface area (Å²) in [5, 5.41) is 3.05. The Bertz CT molecular complexity index is 231. The molecule has 1 aliphatic heterocycles. The fourth-order valence-corrected chi connectivity index (χ4v) is 1.67. The standard InChI is InChI=1S/C12H25N3O2.HI/c1-10(2)15-12(13)14-5-3-6-16-8-11-4-7-17-9-11;/h10-11H,3-9H2,1-2H3,(H3,13,14,15);1H.